The molecule has 4 rings (SSSR count). The fraction of sp³-hybridized carbons (Fsp3) is 0.421. The first-order chi connectivity index (χ1) is 12.4. The molecule has 1 fully saturated rings. The fourth-order valence-corrected chi connectivity index (χ4v) is 3.96. The summed E-state index contributed by atoms with van der Waals surface area (Å²) < 4.78 is 5.87. The minimum absolute atomic E-state index is 0.0465. The van der Waals surface area contributed by atoms with Crippen molar-refractivity contribution >= 4 is 0 Å². The Balaban J connectivity index is 1.83. The van der Waals surface area contributed by atoms with E-state index in [1.165, 1.54) is 6.07 Å². The molecule has 1 aromatic heterocycles. The van der Waals surface area contributed by atoms with Crippen LogP contribution in [0, 0.1) is 6.92 Å². The first kappa shape index (κ1) is 17.1. The standard InChI is InChI=1S/C19H23N3O4/c1-10-17(25)16-11(8-20-10)9-26-18(16)12-6-13(15(24)7-14(12)23)19-21(2)4-5-22(19)3/h6-8,18-19,23-25H,4-5,9H2,1-3H3. The number of phenolic OH excluding ortho intramolecular Hbond substituents is 2. The third kappa shape index (κ3) is 2.51. The number of rotatable bonds is 2. The van der Waals surface area contributed by atoms with Crippen LogP contribution in [0.15, 0.2) is 18.3 Å². The SMILES string of the molecule is Cc1ncc2c(c1O)C(c1cc(C3N(C)CCN3C)c(O)cc1O)OC2. The minimum atomic E-state index is -0.594. The van der Waals surface area contributed by atoms with Gasteiger partial charge in [0.15, 0.2) is 0 Å². The molecule has 2 aliphatic heterocycles. The van der Waals surface area contributed by atoms with E-state index < -0.39 is 6.10 Å². The average Bonchev–Trinajstić information content (AvgIpc) is 3.16. The van der Waals surface area contributed by atoms with Crippen LogP contribution >= 0.6 is 0 Å². The zero-order valence-electron chi connectivity index (χ0n) is 15.1. The summed E-state index contributed by atoms with van der Waals surface area (Å²) in [5, 5.41) is 31.4. The smallest absolute Gasteiger partial charge is 0.143 e. The lowest BCUT2D eigenvalue weighted by molar-refractivity contribution is 0.0906. The molecule has 0 spiro atoms. The third-order valence-electron chi connectivity index (χ3n) is 5.40. The summed E-state index contributed by atoms with van der Waals surface area (Å²) in [5.74, 6) is 0.0839. The number of aryl methyl sites for hydroxylation is 1. The van der Waals surface area contributed by atoms with Gasteiger partial charge in [-0.3, -0.25) is 14.8 Å². The number of pyridine rings is 1. The first-order valence-corrected chi connectivity index (χ1v) is 8.63. The molecule has 138 valence electrons. The van der Waals surface area contributed by atoms with Crippen LogP contribution < -0.4 is 0 Å². The Bertz CT molecular complexity index is 860. The average molecular weight is 357 g/mol. The number of phenols is 2. The monoisotopic (exact) mass is 357 g/mol. The molecule has 0 saturated carbocycles. The van der Waals surface area contributed by atoms with Crippen molar-refractivity contribution in [2.45, 2.75) is 25.8 Å². The molecular formula is C19H23N3O4. The highest BCUT2D eigenvalue weighted by atomic mass is 16.5. The van der Waals surface area contributed by atoms with Crippen LogP contribution in [0.3, 0.4) is 0 Å². The highest BCUT2D eigenvalue weighted by molar-refractivity contribution is 5.54. The van der Waals surface area contributed by atoms with Crippen molar-refractivity contribution in [2.75, 3.05) is 27.2 Å². The van der Waals surface area contributed by atoms with Crippen molar-refractivity contribution in [3.05, 3.63) is 46.3 Å². The second-order valence-corrected chi connectivity index (χ2v) is 7.13. The van der Waals surface area contributed by atoms with Gasteiger partial charge in [-0.15, -0.1) is 0 Å². The number of hydrogen-bond acceptors (Lipinski definition) is 7. The summed E-state index contributed by atoms with van der Waals surface area (Å²) in [6.45, 7) is 3.84. The molecule has 0 bridgehead atoms. The van der Waals surface area contributed by atoms with Gasteiger partial charge in [-0.25, -0.2) is 0 Å². The van der Waals surface area contributed by atoms with E-state index in [0.29, 0.717) is 29.0 Å². The molecule has 0 radical (unpaired) electrons. The molecule has 7 heteroatoms. The van der Waals surface area contributed by atoms with Crippen molar-refractivity contribution < 1.29 is 20.1 Å². The number of benzene rings is 1. The molecule has 7 nitrogen and oxygen atoms in total. The molecular weight excluding hydrogens is 334 g/mol. The van der Waals surface area contributed by atoms with E-state index in [1.807, 2.05) is 14.1 Å². The van der Waals surface area contributed by atoms with Gasteiger partial charge in [0.2, 0.25) is 0 Å². The summed E-state index contributed by atoms with van der Waals surface area (Å²) in [4.78, 5) is 8.46. The quantitative estimate of drug-likeness (QED) is 0.757. The molecule has 1 unspecified atom stereocenters. The first-order valence-electron chi connectivity index (χ1n) is 8.63. The molecule has 3 N–H and O–H groups in total. The van der Waals surface area contributed by atoms with E-state index in [2.05, 4.69) is 14.8 Å². The Hall–Kier alpha value is -2.35. The van der Waals surface area contributed by atoms with Gasteiger partial charge in [0.25, 0.3) is 0 Å². The normalized spacial score (nSPS) is 21.4. The fourth-order valence-electron chi connectivity index (χ4n) is 3.96. The van der Waals surface area contributed by atoms with Crippen molar-refractivity contribution in [1.82, 2.24) is 14.8 Å². The Morgan fingerprint density at radius 2 is 1.69 bits per heavy atom. The van der Waals surface area contributed by atoms with Gasteiger partial charge >= 0.3 is 0 Å². The molecule has 1 atom stereocenters. The molecule has 3 heterocycles. The molecule has 1 saturated heterocycles. The van der Waals surface area contributed by atoms with Crippen LogP contribution in [0.25, 0.3) is 0 Å². The zero-order valence-corrected chi connectivity index (χ0v) is 15.1. The van der Waals surface area contributed by atoms with E-state index >= 15 is 0 Å². The van der Waals surface area contributed by atoms with Crippen LogP contribution in [-0.2, 0) is 11.3 Å². The lowest BCUT2D eigenvalue weighted by atomic mass is 9.95. The summed E-state index contributed by atoms with van der Waals surface area (Å²) in [7, 11) is 4.00. The Labute approximate surface area is 152 Å². The Morgan fingerprint density at radius 1 is 1.04 bits per heavy atom. The second-order valence-electron chi connectivity index (χ2n) is 7.13. The van der Waals surface area contributed by atoms with Crippen LogP contribution in [0.4, 0.5) is 0 Å². The van der Waals surface area contributed by atoms with Crippen molar-refractivity contribution in [3.8, 4) is 17.2 Å². The maximum absolute atomic E-state index is 10.5. The Kier molecular flexibility index (Phi) is 4.02. The predicted molar refractivity (Wildman–Crippen MR) is 95.0 cm³/mol. The number of hydrogen-bond donors (Lipinski definition) is 3. The number of aromatic nitrogens is 1. The molecule has 26 heavy (non-hydrogen) atoms. The van der Waals surface area contributed by atoms with Gasteiger partial charge < -0.3 is 20.1 Å². The summed E-state index contributed by atoms with van der Waals surface area (Å²) in [6.07, 6.45) is 1.02. The van der Waals surface area contributed by atoms with E-state index in [9.17, 15) is 15.3 Å². The van der Waals surface area contributed by atoms with E-state index in [1.54, 1.807) is 19.2 Å². The van der Waals surface area contributed by atoms with Crippen molar-refractivity contribution in [1.29, 1.82) is 0 Å². The Morgan fingerprint density at radius 3 is 2.38 bits per heavy atom. The van der Waals surface area contributed by atoms with Gasteiger partial charge in [-0.2, -0.15) is 0 Å². The van der Waals surface area contributed by atoms with Gasteiger partial charge in [-0.1, -0.05) is 0 Å². The number of aromatic hydroxyl groups is 3. The molecule has 0 aliphatic carbocycles. The van der Waals surface area contributed by atoms with Gasteiger partial charge in [0, 0.05) is 47.6 Å². The lowest BCUT2D eigenvalue weighted by Gasteiger charge is -2.27. The van der Waals surface area contributed by atoms with E-state index in [4.69, 9.17) is 4.74 Å². The zero-order chi connectivity index (χ0) is 18.6. The van der Waals surface area contributed by atoms with E-state index in [-0.39, 0.29) is 23.4 Å². The number of ether oxygens (including phenoxy) is 1. The van der Waals surface area contributed by atoms with Crippen LogP contribution in [0.5, 0.6) is 17.2 Å². The molecule has 2 aromatic rings. The van der Waals surface area contributed by atoms with E-state index in [0.717, 1.165) is 18.7 Å². The van der Waals surface area contributed by atoms with Crippen LogP contribution in [0.1, 0.15) is 40.2 Å². The molecule has 2 aliphatic rings. The summed E-state index contributed by atoms with van der Waals surface area (Å²) in [6, 6.07) is 3.14. The topological polar surface area (TPSA) is 89.3 Å². The summed E-state index contributed by atoms with van der Waals surface area (Å²) in [5.41, 5.74) is 3.21. The number of fused-ring (bicyclic) bond motifs is 1. The maximum atomic E-state index is 10.5. The van der Waals surface area contributed by atoms with Crippen molar-refractivity contribution in [2.24, 2.45) is 0 Å². The number of likely N-dealkylation sites (N-methyl/N-ethyl adjacent to an activating group) is 2. The van der Waals surface area contributed by atoms with Crippen molar-refractivity contribution in [3.63, 3.8) is 0 Å². The third-order valence-corrected chi connectivity index (χ3v) is 5.40. The highest BCUT2D eigenvalue weighted by Gasteiger charge is 2.35. The van der Waals surface area contributed by atoms with Gasteiger partial charge in [0.1, 0.15) is 23.4 Å². The lowest BCUT2D eigenvalue weighted by Crippen LogP contribution is -2.26. The summed E-state index contributed by atoms with van der Waals surface area (Å²) >= 11 is 0. The second kappa shape index (κ2) is 6.12. The van der Waals surface area contributed by atoms with Gasteiger partial charge in [-0.05, 0) is 27.1 Å². The molecule has 0 amide bonds. The van der Waals surface area contributed by atoms with Gasteiger partial charge in [0.05, 0.1) is 18.5 Å². The van der Waals surface area contributed by atoms with Crippen LogP contribution in [-0.4, -0.2) is 57.3 Å². The van der Waals surface area contributed by atoms with Crippen LogP contribution in [0.2, 0.25) is 0 Å². The minimum Gasteiger partial charge on any atom is -0.507 e. The number of nitrogens with zero attached hydrogens (tertiary/aromatic N) is 3. The largest absolute Gasteiger partial charge is 0.507 e. The maximum Gasteiger partial charge on any atom is 0.143 e. The predicted octanol–water partition coefficient (Wildman–Crippen LogP) is 2.00. The molecule has 1 aromatic carbocycles. The highest BCUT2D eigenvalue weighted by Crippen LogP contribution is 2.47.